The van der Waals surface area contributed by atoms with Crippen LogP contribution < -0.4 is 5.32 Å². The van der Waals surface area contributed by atoms with Gasteiger partial charge in [0.25, 0.3) is 0 Å². The van der Waals surface area contributed by atoms with Crippen molar-refractivity contribution in [1.82, 2.24) is 10.3 Å². The van der Waals surface area contributed by atoms with E-state index in [1.165, 1.54) is 16.7 Å². The first-order valence-corrected chi connectivity index (χ1v) is 6.52. The highest BCUT2D eigenvalue weighted by Gasteiger charge is 2.07. The van der Waals surface area contributed by atoms with Gasteiger partial charge in [0.05, 0.1) is 6.10 Å². The van der Waals surface area contributed by atoms with E-state index < -0.39 is 6.10 Å². The summed E-state index contributed by atoms with van der Waals surface area (Å²) in [5.41, 5.74) is 4.77. The number of aryl methyl sites for hydroxylation is 2. The quantitative estimate of drug-likeness (QED) is 0.864. The summed E-state index contributed by atoms with van der Waals surface area (Å²) in [6, 6.07) is 9.98. The molecular formula is C16H20N2O. The lowest BCUT2D eigenvalue weighted by atomic mass is 10.0. The summed E-state index contributed by atoms with van der Waals surface area (Å²) in [5.74, 6) is 0. The number of nitrogens with zero attached hydrogens (tertiary/aromatic N) is 1. The van der Waals surface area contributed by atoms with Gasteiger partial charge in [0.1, 0.15) is 0 Å². The summed E-state index contributed by atoms with van der Waals surface area (Å²) < 4.78 is 0. The number of hydrogen-bond acceptors (Lipinski definition) is 3. The first-order chi connectivity index (χ1) is 9.18. The molecule has 0 radical (unpaired) electrons. The zero-order valence-electron chi connectivity index (χ0n) is 11.4. The summed E-state index contributed by atoms with van der Waals surface area (Å²) in [6.45, 7) is 5.55. The van der Waals surface area contributed by atoms with E-state index in [1.807, 2.05) is 12.1 Å². The van der Waals surface area contributed by atoms with E-state index in [-0.39, 0.29) is 0 Å². The number of aliphatic hydroxyl groups is 1. The van der Waals surface area contributed by atoms with Crippen LogP contribution in [0.4, 0.5) is 0 Å². The number of pyridine rings is 1. The van der Waals surface area contributed by atoms with Gasteiger partial charge in [0, 0.05) is 25.5 Å². The molecule has 19 heavy (non-hydrogen) atoms. The molecule has 0 bridgehead atoms. The normalized spacial score (nSPS) is 12.4. The van der Waals surface area contributed by atoms with E-state index in [1.54, 1.807) is 12.4 Å². The fourth-order valence-electron chi connectivity index (χ4n) is 2.17. The Labute approximate surface area is 114 Å². The predicted molar refractivity (Wildman–Crippen MR) is 76.8 cm³/mol. The fraction of sp³-hybridized carbons (Fsp3) is 0.312. The second-order valence-electron chi connectivity index (χ2n) is 4.80. The Hall–Kier alpha value is -1.71. The van der Waals surface area contributed by atoms with Crippen molar-refractivity contribution in [3.05, 3.63) is 65.0 Å². The number of aromatic nitrogens is 1. The van der Waals surface area contributed by atoms with E-state index in [9.17, 15) is 5.11 Å². The van der Waals surface area contributed by atoms with E-state index in [4.69, 9.17) is 0 Å². The van der Waals surface area contributed by atoms with Crippen LogP contribution in [0.1, 0.15) is 28.4 Å². The van der Waals surface area contributed by atoms with Crippen molar-refractivity contribution >= 4 is 0 Å². The molecule has 1 heterocycles. The zero-order valence-corrected chi connectivity index (χ0v) is 11.4. The summed E-state index contributed by atoms with van der Waals surface area (Å²) in [6.07, 6.45) is 2.90. The molecule has 0 amide bonds. The van der Waals surface area contributed by atoms with Crippen molar-refractivity contribution in [1.29, 1.82) is 0 Å². The van der Waals surface area contributed by atoms with Crippen LogP contribution in [0, 0.1) is 13.8 Å². The average Bonchev–Trinajstić information content (AvgIpc) is 2.43. The zero-order chi connectivity index (χ0) is 13.7. The third-order valence-electron chi connectivity index (χ3n) is 3.37. The molecule has 1 unspecified atom stereocenters. The Morgan fingerprint density at radius 1 is 1.11 bits per heavy atom. The van der Waals surface area contributed by atoms with Gasteiger partial charge in [-0.3, -0.25) is 4.98 Å². The number of aliphatic hydroxyl groups excluding tert-OH is 1. The van der Waals surface area contributed by atoms with Gasteiger partial charge < -0.3 is 10.4 Å². The molecule has 3 heteroatoms. The third kappa shape index (κ3) is 3.63. The summed E-state index contributed by atoms with van der Waals surface area (Å²) in [5, 5.41) is 13.4. The van der Waals surface area contributed by atoms with Gasteiger partial charge in [-0.15, -0.1) is 0 Å². The lowest BCUT2D eigenvalue weighted by Gasteiger charge is -2.14. The van der Waals surface area contributed by atoms with Gasteiger partial charge >= 0.3 is 0 Å². The molecule has 0 aliphatic heterocycles. The van der Waals surface area contributed by atoms with Crippen LogP contribution in [0.2, 0.25) is 0 Å². The Kier molecular flexibility index (Phi) is 4.66. The lowest BCUT2D eigenvalue weighted by molar-refractivity contribution is 0.174. The molecule has 0 aliphatic carbocycles. The minimum atomic E-state index is -0.493. The molecular weight excluding hydrogens is 236 g/mol. The first kappa shape index (κ1) is 13.7. The van der Waals surface area contributed by atoms with Crippen molar-refractivity contribution in [3.63, 3.8) is 0 Å². The van der Waals surface area contributed by atoms with Crippen LogP contribution in [0.5, 0.6) is 0 Å². The van der Waals surface area contributed by atoms with Crippen LogP contribution >= 0.6 is 0 Å². The SMILES string of the molecule is Cc1cccc(C)c1CNCC(O)c1ccncc1. The summed E-state index contributed by atoms with van der Waals surface area (Å²) in [7, 11) is 0. The monoisotopic (exact) mass is 256 g/mol. The highest BCUT2D eigenvalue weighted by molar-refractivity contribution is 5.33. The molecule has 100 valence electrons. The maximum Gasteiger partial charge on any atom is 0.0915 e. The molecule has 0 saturated carbocycles. The summed E-state index contributed by atoms with van der Waals surface area (Å²) in [4.78, 5) is 3.95. The molecule has 2 rings (SSSR count). The van der Waals surface area contributed by atoms with E-state index in [0.29, 0.717) is 6.54 Å². The number of rotatable bonds is 5. The van der Waals surface area contributed by atoms with Gasteiger partial charge in [-0.25, -0.2) is 0 Å². The van der Waals surface area contributed by atoms with Crippen molar-refractivity contribution < 1.29 is 5.11 Å². The van der Waals surface area contributed by atoms with Crippen LogP contribution in [-0.2, 0) is 6.54 Å². The number of nitrogens with one attached hydrogen (secondary N) is 1. The van der Waals surface area contributed by atoms with Crippen molar-refractivity contribution in [2.45, 2.75) is 26.5 Å². The van der Waals surface area contributed by atoms with Crippen molar-refractivity contribution in [2.24, 2.45) is 0 Å². The maximum atomic E-state index is 10.0. The predicted octanol–water partition coefficient (Wildman–Crippen LogP) is 2.52. The molecule has 3 nitrogen and oxygen atoms in total. The highest BCUT2D eigenvalue weighted by atomic mass is 16.3. The van der Waals surface area contributed by atoms with Crippen LogP contribution in [0.25, 0.3) is 0 Å². The number of benzene rings is 1. The number of hydrogen-bond donors (Lipinski definition) is 2. The lowest BCUT2D eigenvalue weighted by Crippen LogP contribution is -2.22. The fourth-order valence-corrected chi connectivity index (χ4v) is 2.17. The van der Waals surface area contributed by atoms with Gasteiger partial charge in [-0.2, -0.15) is 0 Å². The molecule has 1 aromatic heterocycles. The van der Waals surface area contributed by atoms with E-state index in [2.05, 4.69) is 42.3 Å². The third-order valence-corrected chi connectivity index (χ3v) is 3.37. The van der Waals surface area contributed by atoms with Crippen LogP contribution in [-0.4, -0.2) is 16.6 Å². The Morgan fingerprint density at radius 2 is 1.74 bits per heavy atom. The highest BCUT2D eigenvalue weighted by Crippen LogP contribution is 2.14. The Balaban J connectivity index is 1.90. The second-order valence-corrected chi connectivity index (χ2v) is 4.80. The molecule has 2 aromatic rings. The van der Waals surface area contributed by atoms with Gasteiger partial charge in [0.15, 0.2) is 0 Å². The molecule has 0 fully saturated rings. The van der Waals surface area contributed by atoms with Crippen molar-refractivity contribution in [3.8, 4) is 0 Å². The maximum absolute atomic E-state index is 10.0. The molecule has 0 aliphatic rings. The van der Waals surface area contributed by atoms with Crippen molar-refractivity contribution in [2.75, 3.05) is 6.54 Å². The van der Waals surface area contributed by atoms with Gasteiger partial charge in [-0.1, -0.05) is 18.2 Å². The Morgan fingerprint density at radius 3 is 2.37 bits per heavy atom. The van der Waals surface area contributed by atoms with Crippen LogP contribution in [0.15, 0.2) is 42.7 Å². The smallest absolute Gasteiger partial charge is 0.0915 e. The topological polar surface area (TPSA) is 45.1 Å². The summed E-state index contributed by atoms with van der Waals surface area (Å²) >= 11 is 0. The molecule has 0 spiro atoms. The van der Waals surface area contributed by atoms with Gasteiger partial charge in [0.2, 0.25) is 0 Å². The molecule has 0 saturated heterocycles. The Bertz CT molecular complexity index is 505. The van der Waals surface area contributed by atoms with E-state index >= 15 is 0 Å². The van der Waals surface area contributed by atoms with Crippen LogP contribution in [0.3, 0.4) is 0 Å². The first-order valence-electron chi connectivity index (χ1n) is 6.52. The van der Waals surface area contributed by atoms with E-state index in [0.717, 1.165) is 12.1 Å². The standard InChI is InChI=1S/C16H20N2O/c1-12-4-3-5-13(2)15(12)10-18-11-16(19)14-6-8-17-9-7-14/h3-9,16,18-19H,10-11H2,1-2H3. The average molecular weight is 256 g/mol. The molecule has 1 atom stereocenters. The molecule has 2 N–H and O–H groups in total. The second kappa shape index (κ2) is 6.45. The minimum absolute atomic E-state index is 0.493. The van der Waals surface area contributed by atoms with Gasteiger partial charge in [-0.05, 0) is 48.2 Å². The molecule has 1 aromatic carbocycles. The largest absolute Gasteiger partial charge is 0.387 e. The minimum Gasteiger partial charge on any atom is -0.387 e.